The van der Waals surface area contributed by atoms with Crippen molar-refractivity contribution in [2.75, 3.05) is 31.1 Å². The molecule has 4 rings (SSSR count). The van der Waals surface area contributed by atoms with E-state index in [1.54, 1.807) is 0 Å². The fourth-order valence-electron chi connectivity index (χ4n) is 4.13. The molecule has 0 unspecified atom stereocenters. The SMILES string of the molecule is Cc1cc(C)c(-c2csc(N3CCN(S(=O)(=O)c4c(F)c(Br)cc(F)c4Br)CC3)n2)c(C)c1. The summed E-state index contributed by atoms with van der Waals surface area (Å²) in [5.74, 6) is -1.86. The Morgan fingerprint density at radius 1 is 1.00 bits per heavy atom. The molecule has 0 spiro atoms. The largest absolute Gasteiger partial charge is 0.345 e. The molecule has 33 heavy (non-hydrogen) atoms. The molecule has 0 saturated carbocycles. The highest BCUT2D eigenvalue weighted by Gasteiger charge is 2.35. The second-order valence-electron chi connectivity index (χ2n) is 7.98. The van der Waals surface area contributed by atoms with Crippen LogP contribution in [-0.4, -0.2) is 43.9 Å². The summed E-state index contributed by atoms with van der Waals surface area (Å²) in [5.41, 5.74) is 5.54. The first kappa shape index (κ1) is 24.7. The number of nitrogens with zero attached hydrogens (tertiary/aromatic N) is 3. The van der Waals surface area contributed by atoms with Crippen LogP contribution in [0.1, 0.15) is 16.7 Å². The summed E-state index contributed by atoms with van der Waals surface area (Å²) in [4.78, 5) is 6.14. The van der Waals surface area contributed by atoms with Gasteiger partial charge in [0.1, 0.15) is 10.7 Å². The molecule has 1 saturated heterocycles. The van der Waals surface area contributed by atoms with Crippen molar-refractivity contribution >= 4 is 58.4 Å². The van der Waals surface area contributed by atoms with Gasteiger partial charge in [0.25, 0.3) is 0 Å². The first-order valence-corrected chi connectivity index (χ1v) is 14.0. The zero-order valence-electron chi connectivity index (χ0n) is 18.1. The van der Waals surface area contributed by atoms with Gasteiger partial charge in [-0.05, 0) is 69.8 Å². The Balaban J connectivity index is 1.54. The minimum Gasteiger partial charge on any atom is -0.345 e. The number of aryl methyl sites for hydroxylation is 3. The van der Waals surface area contributed by atoms with Crippen molar-refractivity contribution in [3.05, 3.63) is 60.8 Å². The van der Waals surface area contributed by atoms with Crippen LogP contribution in [0, 0.1) is 32.4 Å². The first-order valence-electron chi connectivity index (χ1n) is 10.1. The van der Waals surface area contributed by atoms with Gasteiger partial charge in [-0.2, -0.15) is 4.31 Å². The number of piperazine rings is 1. The Bertz CT molecular complexity index is 1290. The maximum Gasteiger partial charge on any atom is 0.247 e. The molecule has 1 aromatic heterocycles. The zero-order valence-corrected chi connectivity index (χ0v) is 22.9. The van der Waals surface area contributed by atoms with Crippen molar-refractivity contribution in [1.82, 2.24) is 9.29 Å². The highest BCUT2D eigenvalue weighted by Crippen LogP contribution is 2.36. The second kappa shape index (κ2) is 9.33. The summed E-state index contributed by atoms with van der Waals surface area (Å²) in [6.07, 6.45) is 0. The van der Waals surface area contributed by atoms with Gasteiger partial charge in [-0.1, -0.05) is 17.7 Å². The normalized spacial score (nSPS) is 15.3. The lowest BCUT2D eigenvalue weighted by atomic mass is 9.98. The molecular weight excluding hydrogens is 600 g/mol. The smallest absolute Gasteiger partial charge is 0.247 e. The molecular formula is C22H21Br2F2N3O2S2. The van der Waals surface area contributed by atoms with Crippen LogP contribution in [0.25, 0.3) is 11.3 Å². The third kappa shape index (κ3) is 4.62. The zero-order chi connectivity index (χ0) is 24.1. The molecule has 2 aromatic carbocycles. The Hall–Kier alpha value is -1.40. The van der Waals surface area contributed by atoms with Gasteiger partial charge in [-0.3, -0.25) is 0 Å². The van der Waals surface area contributed by atoms with Gasteiger partial charge in [0.05, 0.1) is 14.6 Å². The third-order valence-electron chi connectivity index (χ3n) is 5.60. The number of anilines is 1. The number of benzene rings is 2. The van der Waals surface area contributed by atoms with E-state index in [1.807, 2.05) is 10.3 Å². The summed E-state index contributed by atoms with van der Waals surface area (Å²) < 4.78 is 55.5. The third-order valence-corrected chi connectivity index (χ3v) is 10.1. The highest BCUT2D eigenvalue weighted by atomic mass is 79.9. The predicted octanol–water partition coefficient (Wildman–Crippen LogP) is 6.05. The van der Waals surface area contributed by atoms with Crippen molar-refractivity contribution in [2.45, 2.75) is 25.7 Å². The quantitative estimate of drug-likeness (QED) is 0.333. The van der Waals surface area contributed by atoms with E-state index in [-0.39, 0.29) is 17.6 Å². The fourth-order valence-corrected chi connectivity index (χ4v) is 8.00. The van der Waals surface area contributed by atoms with Crippen LogP contribution < -0.4 is 4.90 Å². The molecule has 5 nitrogen and oxygen atoms in total. The average molecular weight is 621 g/mol. The van der Waals surface area contributed by atoms with Crippen LogP contribution in [0.5, 0.6) is 0 Å². The van der Waals surface area contributed by atoms with Crippen molar-refractivity contribution in [3.8, 4) is 11.3 Å². The van der Waals surface area contributed by atoms with Crippen molar-refractivity contribution in [1.29, 1.82) is 0 Å². The molecule has 2 heterocycles. The van der Waals surface area contributed by atoms with E-state index in [0.717, 1.165) is 33.6 Å². The standard InChI is InChI=1S/C22H21Br2F2N3O2S2/c1-12-8-13(2)18(14(3)9-12)17-11-32-22(27-17)28-4-6-29(7-5-28)33(30,31)21-19(24)16(25)10-15(23)20(21)26/h8-11H,4-7H2,1-3H3. The van der Waals surface area contributed by atoms with Gasteiger partial charge in [0.2, 0.25) is 10.0 Å². The van der Waals surface area contributed by atoms with E-state index in [1.165, 1.54) is 21.2 Å². The lowest BCUT2D eigenvalue weighted by Gasteiger charge is -2.34. The molecule has 0 radical (unpaired) electrons. The van der Waals surface area contributed by atoms with Crippen LogP contribution in [0.15, 0.2) is 37.4 Å². The van der Waals surface area contributed by atoms with Crippen LogP contribution >= 0.6 is 43.2 Å². The van der Waals surface area contributed by atoms with Crippen molar-refractivity contribution < 1.29 is 17.2 Å². The van der Waals surface area contributed by atoms with Gasteiger partial charge in [0.15, 0.2) is 10.9 Å². The van der Waals surface area contributed by atoms with Crippen LogP contribution in [0.4, 0.5) is 13.9 Å². The summed E-state index contributed by atoms with van der Waals surface area (Å²) in [6.45, 7) is 7.28. The van der Waals surface area contributed by atoms with Gasteiger partial charge in [-0.25, -0.2) is 22.2 Å². The van der Waals surface area contributed by atoms with E-state index >= 15 is 0 Å². The number of halogens is 4. The summed E-state index contributed by atoms with van der Waals surface area (Å²) in [6, 6.07) is 5.16. The van der Waals surface area contributed by atoms with Crippen LogP contribution in [-0.2, 0) is 10.0 Å². The summed E-state index contributed by atoms with van der Waals surface area (Å²) in [7, 11) is -4.23. The number of aromatic nitrogens is 1. The number of thiazole rings is 1. The molecule has 0 bridgehead atoms. The van der Waals surface area contributed by atoms with Crippen molar-refractivity contribution in [2.24, 2.45) is 0 Å². The predicted molar refractivity (Wildman–Crippen MR) is 134 cm³/mol. The molecule has 0 amide bonds. The van der Waals surface area contributed by atoms with E-state index in [0.29, 0.717) is 13.1 Å². The lowest BCUT2D eigenvalue weighted by Crippen LogP contribution is -2.49. The average Bonchev–Trinajstić information content (AvgIpc) is 3.21. The molecule has 0 atom stereocenters. The Labute approximate surface area is 212 Å². The molecule has 1 aliphatic heterocycles. The molecule has 11 heteroatoms. The first-order chi connectivity index (χ1) is 15.5. The summed E-state index contributed by atoms with van der Waals surface area (Å²) in [5, 5.41) is 2.82. The molecule has 176 valence electrons. The van der Waals surface area contributed by atoms with Crippen LogP contribution in [0.2, 0.25) is 0 Å². The van der Waals surface area contributed by atoms with E-state index in [2.05, 4.69) is 64.8 Å². The second-order valence-corrected chi connectivity index (χ2v) is 12.3. The Kier molecular flexibility index (Phi) is 6.99. The van der Waals surface area contributed by atoms with E-state index in [4.69, 9.17) is 4.98 Å². The van der Waals surface area contributed by atoms with Gasteiger partial charge in [-0.15, -0.1) is 11.3 Å². The number of hydrogen-bond acceptors (Lipinski definition) is 5. The summed E-state index contributed by atoms with van der Waals surface area (Å²) >= 11 is 7.30. The van der Waals surface area contributed by atoms with Crippen molar-refractivity contribution in [3.63, 3.8) is 0 Å². The minimum atomic E-state index is -4.23. The highest BCUT2D eigenvalue weighted by molar-refractivity contribution is 9.11. The molecule has 1 fully saturated rings. The Morgan fingerprint density at radius 3 is 2.21 bits per heavy atom. The molecule has 0 aliphatic carbocycles. The van der Waals surface area contributed by atoms with Gasteiger partial charge >= 0.3 is 0 Å². The molecule has 1 aliphatic rings. The van der Waals surface area contributed by atoms with Gasteiger partial charge < -0.3 is 4.90 Å². The number of sulfonamides is 1. The van der Waals surface area contributed by atoms with E-state index < -0.39 is 31.0 Å². The molecule has 3 aromatic rings. The Morgan fingerprint density at radius 2 is 1.61 bits per heavy atom. The number of rotatable bonds is 4. The maximum atomic E-state index is 14.6. The number of hydrogen-bond donors (Lipinski definition) is 0. The minimum absolute atomic E-state index is 0.139. The maximum absolute atomic E-state index is 14.6. The van der Waals surface area contributed by atoms with Crippen LogP contribution in [0.3, 0.4) is 0 Å². The van der Waals surface area contributed by atoms with E-state index in [9.17, 15) is 17.2 Å². The lowest BCUT2D eigenvalue weighted by molar-refractivity contribution is 0.381. The fraction of sp³-hybridized carbons (Fsp3) is 0.318. The monoisotopic (exact) mass is 619 g/mol. The van der Waals surface area contributed by atoms with Gasteiger partial charge in [0, 0.05) is 37.1 Å². The topological polar surface area (TPSA) is 53.5 Å². The molecule has 0 N–H and O–H groups in total.